The molecule has 1 aliphatic rings. The molecule has 3 heterocycles. The number of amides is 1. The number of esters is 1. The maximum Gasteiger partial charge on any atom is 0.357 e. The van der Waals surface area contributed by atoms with Gasteiger partial charge >= 0.3 is 5.97 Å². The Bertz CT molecular complexity index is 1850. The third-order valence-corrected chi connectivity index (χ3v) is 10.7. The molecule has 0 unspecified atom stereocenters. The lowest BCUT2D eigenvalue weighted by molar-refractivity contribution is -0.107. The Labute approximate surface area is 281 Å². The molecule has 9 nitrogen and oxygen atoms in total. The van der Waals surface area contributed by atoms with Crippen LogP contribution in [-0.4, -0.2) is 54.5 Å². The summed E-state index contributed by atoms with van der Waals surface area (Å²) in [7, 11) is -1.24. The summed E-state index contributed by atoms with van der Waals surface area (Å²) in [5, 5.41) is 0. The van der Waals surface area contributed by atoms with Crippen molar-refractivity contribution in [2.75, 3.05) is 18.1 Å². The Balaban J connectivity index is 1.45. The van der Waals surface area contributed by atoms with Crippen LogP contribution in [0.5, 0.6) is 0 Å². The molecular weight excluding hydrogens is 629 g/mol. The molecule has 11 heteroatoms. The van der Waals surface area contributed by atoms with Gasteiger partial charge in [0.05, 0.1) is 10.2 Å². The number of hydrogen-bond donors (Lipinski definition) is 0. The molecule has 4 aromatic rings. The Kier molecular flexibility index (Phi) is 10.6. The number of rotatable bonds is 11. The fourth-order valence-corrected chi connectivity index (χ4v) is 7.23. The number of aromatic nitrogens is 2. The highest BCUT2D eigenvalue weighted by Crippen LogP contribution is 2.28. The molecule has 1 amide bonds. The number of nitrogens with zero attached hydrogens (tertiary/aromatic N) is 4. The van der Waals surface area contributed by atoms with Gasteiger partial charge in [-0.25, -0.2) is 9.78 Å². The summed E-state index contributed by atoms with van der Waals surface area (Å²) in [6.45, 7) is 14.5. The summed E-state index contributed by atoms with van der Waals surface area (Å²) in [5.74, 6) is -0.213. The molecule has 2 aromatic carbocycles. The van der Waals surface area contributed by atoms with E-state index in [0.717, 1.165) is 33.7 Å². The van der Waals surface area contributed by atoms with Crippen molar-refractivity contribution in [3.05, 3.63) is 87.3 Å². The molecule has 0 fully saturated rings. The maximum absolute atomic E-state index is 13.9. The van der Waals surface area contributed by atoms with Crippen molar-refractivity contribution < 1.29 is 23.9 Å². The second-order valence-electron chi connectivity index (χ2n) is 14.0. The number of pyridine rings is 1. The first-order valence-electron chi connectivity index (χ1n) is 16.1. The van der Waals surface area contributed by atoms with Gasteiger partial charge in [0.1, 0.15) is 24.4 Å². The number of hydrogen-bond acceptors (Lipinski definition) is 8. The van der Waals surface area contributed by atoms with Gasteiger partial charge in [-0.05, 0) is 80.6 Å². The SMILES string of the molecule is CC(C)(C)OC(=O)c1nc(N2CCc3cccc(C(=O)N=c4sc5ccccc5n4COCC[Si](C)(C)C)c3C2)ccc1CCC=O. The molecule has 0 saturated heterocycles. The zero-order valence-electron chi connectivity index (χ0n) is 28.2. The van der Waals surface area contributed by atoms with E-state index in [2.05, 4.69) is 35.6 Å². The number of carbonyl (C=O) groups is 3. The minimum absolute atomic E-state index is 0.214. The van der Waals surface area contributed by atoms with Crippen LogP contribution in [0.3, 0.4) is 0 Å². The van der Waals surface area contributed by atoms with Crippen molar-refractivity contribution in [3.63, 3.8) is 0 Å². The third-order valence-electron chi connectivity index (χ3n) is 7.92. The molecule has 5 rings (SSSR count). The first-order valence-corrected chi connectivity index (χ1v) is 20.6. The number of carbonyl (C=O) groups excluding carboxylic acids is 3. The van der Waals surface area contributed by atoms with Crippen LogP contribution in [-0.2, 0) is 40.4 Å². The second kappa shape index (κ2) is 14.5. The smallest absolute Gasteiger partial charge is 0.357 e. The molecular formula is C36H44N4O5SSi. The van der Waals surface area contributed by atoms with E-state index in [9.17, 15) is 14.4 Å². The fraction of sp³-hybridized carbons (Fsp3) is 0.417. The van der Waals surface area contributed by atoms with Gasteiger partial charge in [-0.3, -0.25) is 9.36 Å². The molecule has 0 radical (unpaired) electrons. The van der Waals surface area contributed by atoms with Crippen molar-refractivity contribution in [2.45, 2.75) is 84.6 Å². The lowest BCUT2D eigenvalue weighted by Crippen LogP contribution is -2.33. The van der Waals surface area contributed by atoms with Gasteiger partial charge in [0.2, 0.25) is 0 Å². The zero-order valence-corrected chi connectivity index (χ0v) is 30.0. The Morgan fingerprint density at radius 3 is 2.60 bits per heavy atom. The summed E-state index contributed by atoms with van der Waals surface area (Å²) in [4.78, 5) is 50.2. The molecule has 0 spiro atoms. The largest absolute Gasteiger partial charge is 0.455 e. The molecule has 0 saturated carbocycles. The minimum atomic E-state index is -1.24. The normalized spacial score (nSPS) is 13.9. The van der Waals surface area contributed by atoms with Crippen molar-refractivity contribution in [1.29, 1.82) is 0 Å². The van der Waals surface area contributed by atoms with Crippen LogP contribution in [0.2, 0.25) is 25.7 Å². The number of ether oxygens (including phenoxy) is 2. The molecule has 248 valence electrons. The number of para-hydroxylation sites is 1. The summed E-state index contributed by atoms with van der Waals surface area (Å²) in [6.07, 6.45) is 2.23. The van der Waals surface area contributed by atoms with Crippen LogP contribution in [0.15, 0.2) is 59.6 Å². The number of anilines is 1. The van der Waals surface area contributed by atoms with Crippen molar-refractivity contribution in [2.24, 2.45) is 4.99 Å². The van der Waals surface area contributed by atoms with E-state index in [0.29, 0.717) is 61.0 Å². The highest BCUT2D eigenvalue weighted by Gasteiger charge is 2.26. The van der Waals surface area contributed by atoms with Crippen molar-refractivity contribution in [3.8, 4) is 0 Å². The molecule has 2 aromatic heterocycles. The van der Waals surface area contributed by atoms with Crippen LogP contribution in [0.1, 0.15) is 64.7 Å². The molecule has 0 bridgehead atoms. The van der Waals surface area contributed by atoms with E-state index < -0.39 is 19.6 Å². The fourth-order valence-electron chi connectivity index (χ4n) is 5.46. The number of thiazole rings is 1. The quantitative estimate of drug-likeness (QED) is 0.0747. The Morgan fingerprint density at radius 1 is 1.06 bits per heavy atom. The van der Waals surface area contributed by atoms with Gasteiger partial charge < -0.3 is 19.2 Å². The average molecular weight is 673 g/mol. The highest BCUT2D eigenvalue weighted by atomic mass is 32.1. The first kappa shape index (κ1) is 34.4. The van der Waals surface area contributed by atoms with Gasteiger partial charge in [-0.2, -0.15) is 4.99 Å². The van der Waals surface area contributed by atoms with E-state index in [4.69, 9.17) is 14.5 Å². The number of benzene rings is 2. The minimum Gasteiger partial charge on any atom is -0.455 e. The van der Waals surface area contributed by atoms with Gasteiger partial charge in [0, 0.05) is 39.8 Å². The second-order valence-corrected chi connectivity index (χ2v) is 20.7. The molecule has 47 heavy (non-hydrogen) atoms. The number of aryl methyl sites for hydroxylation is 1. The van der Waals surface area contributed by atoms with Crippen LogP contribution in [0.4, 0.5) is 5.82 Å². The van der Waals surface area contributed by atoms with Crippen molar-refractivity contribution >= 4 is 53.6 Å². The molecule has 0 atom stereocenters. The van der Waals surface area contributed by atoms with Crippen LogP contribution in [0.25, 0.3) is 10.2 Å². The van der Waals surface area contributed by atoms with E-state index in [-0.39, 0.29) is 18.0 Å². The topological polar surface area (TPSA) is 103 Å². The third kappa shape index (κ3) is 8.71. The zero-order chi connectivity index (χ0) is 33.8. The summed E-state index contributed by atoms with van der Waals surface area (Å²) in [6, 6.07) is 18.6. The molecule has 0 aliphatic carbocycles. The predicted molar refractivity (Wildman–Crippen MR) is 189 cm³/mol. The molecule has 1 aliphatic heterocycles. The van der Waals surface area contributed by atoms with Gasteiger partial charge in [0.25, 0.3) is 5.91 Å². The average Bonchev–Trinajstić information content (AvgIpc) is 3.36. The van der Waals surface area contributed by atoms with Gasteiger partial charge in [-0.15, -0.1) is 0 Å². The summed E-state index contributed by atoms with van der Waals surface area (Å²) in [5.41, 5.74) is 3.72. The predicted octanol–water partition coefficient (Wildman–Crippen LogP) is 6.80. The number of fused-ring (bicyclic) bond motifs is 2. The van der Waals surface area contributed by atoms with E-state index in [1.807, 2.05) is 73.9 Å². The lowest BCUT2D eigenvalue weighted by Gasteiger charge is -2.31. The van der Waals surface area contributed by atoms with Gasteiger partial charge in [0.15, 0.2) is 10.5 Å². The Morgan fingerprint density at radius 2 is 1.85 bits per heavy atom. The van der Waals surface area contributed by atoms with E-state index >= 15 is 0 Å². The molecule has 0 N–H and O–H groups in total. The van der Waals surface area contributed by atoms with Crippen LogP contribution >= 0.6 is 11.3 Å². The Hall–Kier alpha value is -3.93. The maximum atomic E-state index is 13.9. The monoisotopic (exact) mass is 672 g/mol. The highest BCUT2D eigenvalue weighted by molar-refractivity contribution is 7.16. The summed E-state index contributed by atoms with van der Waals surface area (Å²) < 4.78 is 14.8. The standard InChI is InChI=1S/C36H44N4O5SSi/c1-36(2,3)45-34(43)32-26(12-10-20-41)16-17-31(37-32)39-19-18-25-11-9-13-27(28(25)23-39)33(42)38-35-40(24-44-21-22-47(4,5)6)29-14-7-8-15-30(29)46-35/h7-9,11,13-17,20H,10,12,18-19,21-24H2,1-6H3. The van der Waals surface area contributed by atoms with E-state index in [1.54, 1.807) is 0 Å². The lowest BCUT2D eigenvalue weighted by atomic mass is 9.94. The van der Waals surface area contributed by atoms with Gasteiger partial charge in [-0.1, -0.05) is 61.3 Å². The first-order chi connectivity index (χ1) is 22.3. The van der Waals surface area contributed by atoms with E-state index in [1.165, 1.54) is 11.3 Å². The van der Waals surface area contributed by atoms with Crippen molar-refractivity contribution in [1.82, 2.24) is 9.55 Å². The van der Waals surface area contributed by atoms with Crippen LogP contribution < -0.4 is 9.70 Å². The van der Waals surface area contributed by atoms with Crippen LogP contribution in [0, 0.1) is 0 Å². The summed E-state index contributed by atoms with van der Waals surface area (Å²) >= 11 is 1.48. The number of aldehydes is 1.